The van der Waals surface area contributed by atoms with Crippen molar-refractivity contribution in [2.75, 3.05) is 5.75 Å². The lowest BCUT2D eigenvalue weighted by Crippen LogP contribution is -2.51. The van der Waals surface area contributed by atoms with Gasteiger partial charge in [-0.1, -0.05) is 78.8 Å². The largest absolute Gasteiger partial charge is 0.352 e. The van der Waals surface area contributed by atoms with E-state index in [9.17, 15) is 9.59 Å². The third-order valence-electron chi connectivity index (χ3n) is 5.87. The quantitative estimate of drug-likeness (QED) is 0.372. The molecule has 1 fully saturated rings. The lowest BCUT2D eigenvalue weighted by atomic mass is 10.1. The summed E-state index contributed by atoms with van der Waals surface area (Å²) in [5.74, 6) is 0.692. The minimum Gasteiger partial charge on any atom is -0.352 e. The Kier molecular flexibility index (Phi) is 10.2. The van der Waals surface area contributed by atoms with Crippen molar-refractivity contribution in [3.05, 3.63) is 68.7 Å². The lowest BCUT2D eigenvalue weighted by Gasteiger charge is -2.31. The van der Waals surface area contributed by atoms with Crippen molar-refractivity contribution >= 4 is 58.4 Å². The number of carbonyl (C=O) groups excluding carboxylic acids is 2. The summed E-state index contributed by atoms with van der Waals surface area (Å²) in [6, 6.07) is 12.6. The number of rotatable bonds is 10. The van der Waals surface area contributed by atoms with Crippen molar-refractivity contribution in [3.63, 3.8) is 0 Å². The monoisotopic (exact) mass is 526 g/mol. The molecule has 0 spiro atoms. The molecule has 0 heterocycles. The van der Waals surface area contributed by atoms with Crippen LogP contribution < -0.4 is 5.32 Å². The molecule has 33 heavy (non-hydrogen) atoms. The third kappa shape index (κ3) is 7.54. The maximum Gasteiger partial charge on any atom is 0.243 e. The highest BCUT2D eigenvalue weighted by atomic mass is 35.5. The fourth-order valence-corrected chi connectivity index (χ4v) is 5.58. The van der Waals surface area contributed by atoms with Gasteiger partial charge in [-0.3, -0.25) is 9.59 Å². The number of carbonyl (C=O) groups is 2. The SMILES string of the molecule is CC[C@H](C(=O)NC1CCCC1)N(Cc1ccc(Cl)c(Cl)c1)C(=O)CSCc1ccccc1Cl. The van der Waals surface area contributed by atoms with Crippen LogP contribution in [-0.4, -0.2) is 34.6 Å². The molecule has 8 heteroatoms. The van der Waals surface area contributed by atoms with Crippen molar-refractivity contribution in [3.8, 4) is 0 Å². The molecule has 2 aromatic carbocycles. The van der Waals surface area contributed by atoms with Gasteiger partial charge in [0.05, 0.1) is 15.8 Å². The van der Waals surface area contributed by atoms with E-state index < -0.39 is 6.04 Å². The van der Waals surface area contributed by atoms with E-state index in [1.54, 1.807) is 17.0 Å². The van der Waals surface area contributed by atoms with E-state index in [4.69, 9.17) is 34.8 Å². The Bertz CT molecular complexity index is 966. The van der Waals surface area contributed by atoms with Gasteiger partial charge in [0.15, 0.2) is 0 Å². The first-order valence-electron chi connectivity index (χ1n) is 11.2. The normalized spacial score (nSPS) is 14.8. The number of nitrogens with zero attached hydrogens (tertiary/aromatic N) is 1. The van der Waals surface area contributed by atoms with Crippen LogP contribution in [-0.2, 0) is 21.9 Å². The van der Waals surface area contributed by atoms with Crippen LogP contribution in [0.1, 0.15) is 50.2 Å². The highest BCUT2D eigenvalue weighted by Gasteiger charge is 2.30. The summed E-state index contributed by atoms with van der Waals surface area (Å²) in [5.41, 5.74) is 1.82. The Labute approximate surface area is 215 Å². The molecule has 1 saturated carbocycles. The van der Waals surface area contributed by atoms with Crippen molar-refractivity contribution in [2.45, 2.75) is 63.4 Å². The summed E-state index contributed by atoms with van der Waals surface area (Å²) in [7, 11) is 0. The second-order valence-electron chi connectivity index (χ2n) is 8.27. The van der Waals surface area contributed by atoms with Crippen LogP contribution in [0.5, 0.6) is 0 Å². The topological polar surface area (TPSA) is 49.4 Å². The van der Waals surface area contributed by atoms with Gasteiger partial charge in [0, 0.05) is 23.4 Å². The molecule has 1 aliphatic rings. The molecule has 0 aromatic heterocycles. The Hall–Kier alpha value is -1.40. The average Bonchev–Trinajstić information content (AvgIpc) is 3.30. The first kappa shape index (κ1) is 26.2. The Balaban J connectivity index is 1.73. The molecule has 4 nitrogen and oxygen atoms in total. The molecule has 1 N–H and O–H groups in total. The zero-order valence-corrected chi connectivity index (χ0v) is 21.7. The van der Waals surface area contributed by atoms with Crippen molar-refractivity contribution in [1.29, 1.82) is 0 Å². The molecule has 0 unspecified atom stereocenters. The standard InChI is InChI=1S/C25H29Cl3N2O2S/c1-2-23(25(32)29-19-8-4-5-9-19)30(14-17-11-12-21(27)22(28)13-17)24(31)16-33-15-18-7-3-6-10-20(18)26/h3,6-7,10-13,19,23H,2,4-5,8-9,14-16H2,1H3,(H,29,32)/t23-/m1/s1. The van der Waals surface area contributed by atoms with Crippen LogP contribution >= 0.6 is 46.6 Å². The molecular weight excluding hydrogens is 499 g/mol. The van der Waals surface area contributed by atoms with E-state index in [0.29, 0.717) is 33.8 Å². The summed E-state index contributed by atoms with van der Waals surface area (Å²) in [5, 5.41) is 4.73. The van der Waals surface area contributed by atoms with E-state index in [1.807, 2.05) is 37.3 Å². The van der Waals surface area contributed by atoms with Crippen LogP contribution in [0.3, 0.4) is 0 Å². The molecule has 1 atom stereocenters. The molecule has 178 valence electrons. The Morgan fingerprint density at radius 2 is 1.79 bits per heavy atom. The van der Waals surface area contributed by atoms with E-state index in [1.165, 1.54) is 11.8 Å². The zero-order chi connectivity index (χ0) is 23.8. The molecule has 2 amide bonds. The average molecular weight is 528 g/mol. The number of hydrogen-bond acceptors (Lipinski definition) is 3. The molecule has 0 radical (unpaired) electrons. The maximum absolute atomic E-state index is 13.3. The van der Waals surface area contributed by atoms with Gasteiger partial charge in [0.2, 0.25) is 11.8 Å². The minimum atomic E-state index is -0.548. The number of halogens is 3. The van der Waals surface area contributed by atoms with Gasteiger partial charge in [0.1, 0.15) is 6.04 Å². The number of thioether (sulfide) groups is 1. The molecule has 0 bridgehead atoms. The Morgan fingerprint density at radius 1 is 1.06 bits per heavy atom. The smallest absolute Gasteiger partial charge is 0.243 e. The van der Waals surface area contributed by atoms with Gasteiger partial charge in [-0.25, -0.2) is 0 Å². The molecule has 0 aliphatic heterocycles. The first-order valence-corrected chi connectivity index (χ1v) is 13.5. The molecule has 1 aliphatic carbocycles. The summed E-state index contributed by atoms with van der Waals surface area (Å²) in [4.78, 5) is 28.2. The fourth-order valence-electron chi connectivity index (χ4n) is 4.07. The van der Waals surface area contributed by atoms with E-state index in [-0.39, 0.29) is 23.6 Å². The number of amides is 2. The number of nitrogens with one attached hydrogen (secondary N) is 1. The summed E-state index contributed by atoms with van der Waals surface area (Å²) < 4.78 is 0. The van der Waals surface area contributed by atoms with Gasteiger partial charge in [-0.2, -0.15) is 0 Å². The lowest BCUT2D eigenvalue weighted by molar-refractivity contribution is -0.139. The summed E-state index contributed by atoms with van der Waals surface area (Å²) in [6.45, 7) is 2.23. The number of benzene rings is 2. The van der Waals surface area contributed by atoms with Crippen molar-refractivity contribution in [1.82, 2.24) is 10.2 Å². The molecule has 0 saturated heterocycles. The molecular formula is C25H29Cl3N2O2S. The second kappa shape index (κ2) is 12.9. The molecule has 3 rings (SSSR count). The van der Waals surface area contributed by atoms with Gasteiger partial charge in [-0.15, -0.1) is 11.8 Å². The van der Waals surface area contributed by atoms with E-state index >= 15 is 0 Å². The van der Waals surface area contributed by atoms with E-state index in [2.05, 4.69) is 5.32 Å². The Morgan fingerprint density at radius 3 is 2.45 bits per heavy atom. The predicted octanol–water partition coefficient (Wildman–Crippen LogP) is 6.75. The van der Waals surface area contributed by atoms with Gasteiger partial charge >= 0.3 is 0 Å². The van der Waals surface area contributed by atoms with Crippen LogP contribution in [0.15, 0.2) is 42.5 Å². The summed E-state index contributed by atoms with van der Waals surface area (Å²) >= 11 is 20.0. The van der Waals surface area contributed by atoms with Gasteiger partial charge in [-0.05, 0) is 48.6 Å². The van der Waals surface area contributed by atoms with Gasteiger partial charge in [0.25, 0.3) is 0 Å². The molecule has 2 aromatic rings. The third-order valence-corrected chi connectivity index (χ3v) is 7.94. The van der Waals surface area contributed by atoms with E-state index in [0.717, 1.165) is 36.8 Å². The maximum atomic E-state index is 13.3. The van der Waals surface area contributed by atoms with Gasteiger partial charge < -0.3 is 10.2 Å². The zero-order valence-electron chi connectivity index (χ0n) is 18.7. The second-order valence-corrected chi connectivity index (χ2v) is 10.5. The first-order chi connectivity index (χ1) is 15.9. The highest BCUT2D eigenvalue weighted by Crippen LogP contribution is 2.26. The van der Waals surface area contributed by atoms with Crippen LogP contribution in [0.4, 0.5) is 0 Å². The summed E-state index contributed by atoms with van der Waals surface area (Å²) in [6.07, 6.45) is 4.78. The van der Waals surface area contributed by atoms with Crippen LogP contribution in [0.2, 0.25) is 15.1 Å². The predicted molar refractivity (Wildman–Crippen MR) is 139 cm³/mol. The fraction of sp³-hybridized carbons (Fsp3) is 0.440. The van der Waals surface area contributed by atoms with Crippen molar-refractivity contribution < 1.29 is 9.59 Å². The van der Waals surface area contributed by atoms with Crippen LogP contribution in [0.25, 0.3) is 0 Å². The number of hydrogen-bond donors (Lipinski definition) is 1. The van der Waals surface area contributed by atoms with Crippen molar-refractivity contribution in [2.24, 2.45) is 0 Å². The highest BCUT2D eigenvalue weighted by molar-refractivity contribution is 7.99. The minimum absolute atomic E-state index is 0.0890. The van der Waals surface area contributed by atoms with Crippen LogP contribution in [0, 0.1) is 0 Å².